The van der Waals surface area contributed by atoms with Crippen molar-refractivity contribution in [3.05, 3.63) is 35.9 Å². The fraction of sp³-hybridized carbons (Fsp3) is 0.588. The summed E-state index contributed by atoms with van der Waals surface area (Å²) in [6.07, 6.45) is 7.57. The van der Waals surface area contributed by atoms with E-state index in [-0.39, 0.29) is 0 Å². The summed E-state index contributed by atoms with van der Waals surface area (Å²) in [5.41, 5.74) is 1.35. The number of aryl methyl sites for hydroxylation is 1. The van der Waals surface area contributed by atoms with Gasteiger partial charge in [0.2, 0.25) is 0 Å². The van der Waals surface area contributed by atoms with Gasteiger partial charge in [-0.2, -0.15) is 0 Å². The van der Waals surface area contributed by atoms with Gasteiger partial charge in [-0.05, 0) is 37.2 Å². The lowest BCUT2D eigenvalue weighted by molar-refractivity contribution is -0.124. The minimum absolute atomic E-state index is 0.372. The third-order valence-corrected chi connectivity index (χ3v) is 4.20. The van der Waals surface area contributed by atoms with Crippen LogP contribution in [0.2, 0.25) is 0 Å². The van der Waals surface area contributed by atoms with E-state index in [0.29, 0.717) is 11.7 Å². The van der Waals surface area contributed by atoms with Crippen LogP contribution in [-0.2, 0) is 11.2 Å². The third-order valence-electron chi connectivity index (χ3n) is 4.20. The van der Waals surface area contributed by atoms with Gasteiger partial charge in [-0.25, -0.2) is 0 Å². The Labute approximate surface area is 111 Å². The number of hydrogen-bond donors (Lipinski definition) is 0. The summed E-state index contributed by atoms with van der Waals surface area (Å²) in [4.78, 5) is 12.1. The maximum atomic E-state index is 12.1. The van der Waals surface area contributed by atoms with Crippen molar-refractivity contribution in [1.29, 1.82) is 0 Å². The number of Topliss-reactive ketones (excluding diaryl/α,β-unsaturated/α-hetero) is 1. The van der Waals surface area contributed by atoms with E-state index in [0.717, 1.165) is 38.0 Å². The summed E-state index contributed by atoms with van der Waals surface area (Å²) >= 11 is 0. The molecule has 1 aromatic carbocycles. The van der Waals surface area contributed by atoms with E-state index in [2.05, 4.69) is 31.2 Å². The first-order chi connectivity index (χ1) is 8.75. The molecule has 1 fully saturated rings. The van der Waals surface area contributed by atoms with Crippen molar-refractivity contribution >= 4 is 5.78 Å². The minimum Gasteiger partial charge on any atom is -0.299 e. The van der Waals surface area contributed by atoms with E-state index in [4.69, 9.17) is 0 Å². The lowest BCUT2D eigenvalue weighted by Crippen LogP contribution is -2.20. The van der Waals surface area contributed by atoms with Crippen LogP contribution in [0.5, 0.6) is 0 Å². The molecule has 2 rings (SSSR count). The van der Waals surface area contributed by atoms with Crippen LogP contribution in [0.1, 0.15) is 51.0 Å². The molecular formula is C17H24O. The molecule has 0 amide bonds. The first kappa shape index (κ1) is 13.3. The highest BCUT2D eigenvalue weighted by Gasteiger charge is 2.23. The predicted octanol–water partition coefficient (Wildman–Crippen LogP) is 4.40. The van der Waals surface area contributed by atoms with E-state index in [9.17, 15) is 4.79 Å². The summed E-state index contributed by atoms with van der Waals surface area (Å²) in [6.45, 7) is 2.30. The van der Waals surface area contributed by atoms with E-state index in [1.165, 1.54) is 18.4 Å². The van der Waals surface area contributed by atoms with Crippen LogP contribution in [0.15, 0.2) is 30.3 Å². The quantitative estimate of drug-likeness (QED) is 0.750. The second-order valence-corrected chi connectivity index (χ2v) is 5.76. The summed E-state index contributed by atoms with van der Waals surface area (Å²) in [5, 5.41) is 0. The summed E-state index contributed by atoms with van der Waals surface area (Å²) < 4.78 is 0. The van der Waals surface area contributed by atoms with Gasteiger partial charge in [-0.3, -0.25) is 4.79 Å². The molecule has 1 saturated carbocycles. The smallest absolute Gasteiger partial charge is 0.135 e. The molecule has 0 N–H and O–H groups in total. The van der Waals surface area contributed by atoms with Crippen molar-refractivity contribution in [3.63, 3.8) is 0 Å². The van der Waals surface area contributed by atoms with E-state index < -0.39 is 0 Å². The maximum absolute atomic E-state index is 12.1. The Balaban J connectivity index is 1.69. The Morgan fingerprint density at radius 1 is 1.11 bits per heavy atom. The first-order valence-electron chi connectivity index (χ1n) is 7.32. The molecule has 0 radical (unpaired) electrons. The van der Waals surface area contributed by atoms with Gasteiger partial charge < -0.3 is 0 Å². The van der Waals surface area contributed by atoms with Gasteiger partial charge in [0, 0.05) is 12.3 Å². The fourth-order valence-electron chi connectivity index (χ4n) is 2.90. The SMILES string of the molecule is CC1CCC(C(=O)CCCc2ccccc2)CC1. The molecule has 1 nitrogen and oxygen atoms in total. The van der Waals surface area contributed by atoms with Crippen molar-refractivity contribution in [3.8, 4) is 0 Å². The zero-order valence-electron chi connectivity index (χ0n) is 11.4. The topological polar surface area (TPSA) is 17.1 Å². The molecule has 0 heterocycles. The van der Waals surface area contributed by atoms with Gasteiger partial charge in [-0.1, -0.05) is 50.1 Å². The number of hydrogen-bond acceptors (Lipinski definition) is 1. The Hall–Kier alpha value is -1.11. The van der Waals surface area contributed by atoms with E-state index >= 15 is 0 Å². The molecule has 0 aliphatic heterocycles. The van der Waals surface area contributed by atoms with Crippen molar-refractivity contribution in [2.45, 2.75) is 51.9 Å². The van der Waals surface area contributed by atoms with Crippen LogP contribution < -0.4 is 0 Å². The van der Waals surface area contributed by atoms with Crippen LogP contribution in [-0.4, -0.2) is 5.78 Å². The van der Waals surface area contributed by atoms with Gasteiger partial charge in [0.15, 0.2) is 0 Å². The molecule has 98 valence electrons. The normalized spacial score (nSPS) is 23.8. The van der Waals surface area contributed by atoms with E-state index in [1.54, 1.807) is 0 Å². The van der Waals surface area contributed by atoms with Crippen molar-refractivity contribution < 1.29 is 4.79 Å². The monoisotopic (exact) mass is 244 g/mol. The molecule has 0 saturated heterocycles. The largest absolute Gasteiger partial charge is 0.299 e. The molecule has 1 aromatic rings. The Morgan fingerprint density at radius 3 is 2.44 bits per heavy atom. The van der Waals surface area contributed by atoms with Gasteiger partial charge in [0.25, 0.3) is 0 Å². The van der Waals surface area contributed by atoms with Gasteiger partial charge in [0.05, 0.1) is 0 Å². The van der Waals surface area contributed by atoms with E-state index in [1.807, 2.05) is 6.07 Å². The molecular weight excluding hydrogens is 220 g/mol. The Kier molecular flexibility index (Phi) is 4.98. The van der Waals surface area contributed by atoms with Crippen LogP contribution in [0, 0.1) is 11.8 Å². The molecule has 1 aliphatic carbocycles. The molecule has 1 heteroatoms. The van der Waals surface area contributed by atoms with Crippen LogP contribution in [0.3, 0.4) is 0 Å². The standard InChI is InChI=1S/C17H24O/c1-14-10-12-16(13-11-14)17(18)9-5-8-15-6-3-2-4-7-15/h2-4,6-7,14,16H,5,8-13H2,1H3. The first-order valence-corrected chi connectivity index (χ1v) is 7.32. The predicted molar refractivity (Wildman–Crippen MR) is 75.5 cm³/mol. The lowest BCUT2D eigenvalue weighted by atomic mass is 9.80. The zero-order valence-corrected chi connectivity index (χ0v) is 11.4. The number of benzene rings is 1. The average molecular weight is 244 g/mol. The average Bonchev–Trinajstić information content (AvgIpc) is 2.40. The van der Waals surface area contributed by atoms with Gasteiger partial charge in [-0.15, -0.1) is 0 Å². The Bertz CT molecular complexity index is 360. The summed E-state index contributed by atoms with van der Waals surface area (Å²) in [7, 11) is 0. The highest BCUT2D eigenvalue weighted by Crippen LogP contribution is 2.29. The molecule has 0 atom stereocenters. The highest BCUT2D eigenvalue weighted by atomic mass is 16.1. The second-order valence-electron chi connectivity index (χ2n) is 5.76. The second kappa shape index (κ2) is 6.72. The minimum atomic E-state index is 0.372. The number of ketones is 1. The van der Waals surface area contributed by atoms with Crippen LogP contribution in [0.25, 0.3) is 0 Å². The molecule has 0 spiro atoms. The van der Waals surface area contributed by atoms with Gasteiger partial charge in [0.1, 0.15) is 5.78 Å². The molecule has 0 aromatic heterocycles. The molecule has 0 bridgehead atoms. The van der Waals surface area contributed by atoms with Gasteiger partial charge >= 0.3 is 0 Å². The molecule has 18 heavy (non-hydrogen) atoms. The summed E-state index contributed by atoms with van der Waals surface area (Å²) in [5.74, 6) is 1.72. The van der Waals surface area contributed by atoms with Crippen molar-refractivity contribution in [2.24, 2.45) is 11.8 Å². The lowest BCUT2D eigenvalue weighted by Gasteiger charge is -2.25. The fourth-order valence-corrected chi connectivity index (χ4v) is 2.90. The number of rotatable bonds is 5. The number of carbonyl (C=O) groups is 1. The molecule has 1 aliphatic rings. The third kappa shape index (κ3) is 3.97. The maximum Gasteiger partial charge on any atom is 0.135 e. The van der Waals surface area contributed by atoms with Crippen LogP contribution in [0.4, 0.5) is 0 Å². The highest BCUT2D eigenvalue weighted by molar-refractivity contribution is 5.81. The Morgan fingerprint density at radius 2 is 1.78 bits per heavy atom. The van der Waals surface area contributed by atoms with Crippen LogP contribution >= 0.6 is 0 Å². The number of carbonyl (C=O) groups excluding carboxylic acids is 1. The zero-order chi connectivity index (χ0) is 12.8. The summed E-state index contributed by atoms with van der Waals surface area (Å²) in [6, 6.07) is 10.5. The molecule has 0 unspecified atom stereocenters. The van der Waals surface area contributed by atoms with Crippen molar-refractivity contribution in [1.82, 2.24) is 0 Å². The van der Waals surface area contributed by atoms with Crippen molar-refractivity contribution in [2.75, 3.05) is 0 Å².